The van der Waals surface area contributed by atoms with Crippen molar-refractivity contribution in [3.63, 3.8) is 0 Å². The van der Waals surface area contributed by atoms with Crippen LogP contribution in [0.4, 0.5) is 5.69 Å². The van der Waals surface area contributed by atoms with E-state index in [-0.39, 0.29) is 11.5 Å². The molecule has 0 aromatic carbocycles. The van der Waals surface area contributed by atoms with Crippen molar-refractivity contribution in [2.24, 2.45) is 7.05 Å². The van der Waals surface area contributed by atoms with Gasteiger partial charge in [-0.1, -0.05) is 0 Å². The highest BCUT2D eigenvalue weighted by atomic mass is 16.5. The van der Waals surface area contributed by atoms with Gasteiger partial charge in [-0.2, -0.15) is 5.10 Å². The van der Waals surface area contributed by atoms with Crippen LogP contribution in [0.25, 0.3) is 0 Å². The first-order valence-electron chi connectivity index (χ1n) is 6.96. The molecule has 0 unspecified atom stereocenters. The Balaban J connectivity index is 1.93. The monoisotopic (exact) mass is 318 g/mol. The van der Waals surface area contributed by atoms with Crippen molar-refractivity contribution in [3.05, 3.63) is 34.9 Å². The molecule has 0 aliphatic rings. The van der Waals surface area contributed by atoms with Crippen molar-refractivity contribution in [1.82, 2.24) is 14.8 Å². The minimum Gasteiger partial charge on any atom is -0.451 e. The van der Waals surface area contributed by atoms with Gasteiger partial charge in [-0.3, -0.25) is 14.3 Å². The maximum Gasteiger partial charge on any atom is 0.355 e. The minimum atomic E-state index is -0.702. The van der Waals surface area contributed by atoms with Crippen LogP contribution < -0.4 is 5.32 Å². The van der Waals surface area contributed by atoms with E-state index in [2.05, 4.69) is 15.4 Å². The topological polar surface area (TPSA) is 106 Å². The fourth-order valence-electron chi connectivity index (χ4n) is 2.05. The zero-order chi connectivity index (χ0) is 17.1. The molecule has 2 aromatic rings. The van der Waals surface area contributed by atoms with Gasteiger partial charge in [-0.05, 0) is 26.8 Å². The van der Waals surface area contributed by atoms with Gasteiger partial charge in [-0.15, -0.1) is 0 Å². The van der Waals surface area contributed by atoms with Crippen molar-refractivity contribution in [2.75, 3.05) is 11.9 Å². The number of carbonyl (C=O) groups excluding carboxylic acids is 3. The van der Waals surface area contributed by atoms with E-state index in [0.717, 1.165) is 5.69 Å². The highest BCUT2D eigenvalue weighted by molar-refractivity contribution is 5.98. The van der Waals surface area contributed by atoms with Crippen LogP contribution in [-0.4, -0.2) is 39.0 Å². The van der Waals surface area contributed by atoms with Crippen molar-refractivity contribution in [2.45, 2.75) is 20.8 Å². The number of rotatable bonds is 5. The molecular formula is C15H18N4O4. The molecule has 0 saturated heterocycles. The molecule has 0 radical (unpaired) electrons. The van der Waals surface area contributed by atoms with Crippen LogP contribution in [0.2, 0.25) is 0 Å². The minimum absolute atomic E-state index is 0.122. The molecule has 2 rings (SSSR count). The maximum atomic E-state index is 11.9. The third-order valence-electron chi connectivity index (χ3n) is 3.42. The smallest absolute Gasteiger partial charge is 0.355 e. The summed E-state index contributed by atoms with van der Waals surface area (Å²) in [6, 6.07) is 1.39. The van der Waals surface area contributed by atoms with Gasteiger partial charge in [0.15, 0.2) is 12.4 Å². The average Bonchev–Trinajstić information content (AvgIpc) is 3.06. The number of amides is 1. The van der Waals surface area contributed by atoms with Crippen LogP contribution in [0.15, 0.2) is 12.3 Å². The molecule has 8 heteroatoms. The van der Waals surface area contributed by atoms with Crippen LogP contribution in [0.1, 0.15) is 39.2 Å². The van der Waals surface area contributed by atoms with E-state index in [1.165, 1.54) is 19.2 Å². The lowest BCUT2D eigenvalue weighted by atomic mass is 10.2. The Morgan fingerprint density at radius 1 is 1.35 bits per heavy atom. The Morgan fingerprint density at radius 3 is 2.57 bits per heavy atom. The fourth-order valence-corrected chi connectivity index (χ4v) is 2.05. The summed E-state index contributed by atoms with van der Waals surface area (Å²) in [5, 5.41) is 6.85. The van der Waals surface area contributed by atoms with Crippen molar-refractivity contribution < 1.29 is 19.1 Å². The predicted molar refractivity (Wildman–Crippen MR) is 82.4 cm³/mol. The number of esters is 1. The number of aryl methyl sites for hydroxylation is 2. The van der Waals surface area contributed by atoms with Gasteiger partial charge >= 0.3 is 5.97 Å². The summed E-state index contributed by atoms with van der Waals surface area (Å²) in [4.78, 5) is 37.5. The first-order valence-corrected chi connectivity index (χ1v) is 6.96. The number of nitrogens with one attached hydrogen (secondary N) is 2. The zero-order valence-electron chi connectivity index (χ0n) is 13.4. The molecule has 0 aliphatic carbocycles. The van der Waals surface area contributed by atoms with Gasteiger partial charge in [0, 0.05) is 18.8 Å². The number of carbonyl (C=O) groups is 3. The quantitative estimate of drug-likeness (QED) is 0.639. The van der Waals surface area contributed by atoms with Gasteiger partial charge in [0.2, 0.25) is 0 Å². The number of hydrogen-bond donors (Lipinski definition) is 2. The number of ether oxygens (including phenoxy) is 1. The second-order valence-corrected chi connectivity index (χ2v) is 5.15. The van der Waals surface area contributed by atoms with Crippen LogP contribution in [0.3, 0.4) is 0 Å². The third kappa shape index (κ3) is 3.65. The maximum absolute atomic E-state index is 11.9. The predicted octanol–water partition coefficient (Wildman–Crippen LogP) is 1.36. The lowest BCUT2D eigenvalue weighted by molar-refractivity contribution is -0.119. The van der Waals surface area contributed by atoms with Crippen LogP contribution in [-0.2, 0) is 16.6 Å². The van der Waals surface area contributed by atoms with E-state index in [9.17, 15) is 14.4 Å². The third-order valence-corrected chi connectivity index (χ3v) is 3.42. The number of anilines is 1. The molecule has 0 spiro atoms. The lowest BCUT2D eigenvalue weighted by Gasteiger charge is -2.06. The normalized spacial score (nSPS) is 10.4. The summed E-state index contributed by atoms with van der Waals surface area (Å²) < 4.78 is 6.57. The lowest BCUT2D eigenvalue weighted by Crippen LogP contribution is -2.21. The Hall–Kier alpha value is -2.90. The summed E-state index contributed by atoms with van der Waals surface area (Å²) in [5.41, 5.74) is 2.59. The molecule has 0 fully saturated rings. The van der Waals surface area contributed by atoms with Gasteiger partial charge in [0.25, 0.3) is 5.91 Å². The molecule has 0 saturated carbocycles. The van der Waals surface area contributed by atoms with Gasteiger partial charge < -0.3 is 15.0 Å². The summed E-state index contributed by atoms with van der Waals surface area (Å²) in [5.74, 6) is -1.33. The molecule has 23 heavy (non-hydrogen) atoms. The van der Waals surface area contributed by atoms with Crippen LogP contribution >= 0.6 is 0 Å². The van der Waals surface area contributed by atoms with Crippen LogP contribution in [0, 0.1) is 13.8 Å². The van der Waals surface area contributed by atoms with E-state index in [4.69, 9.17) is 4.74 Å². The first kappa shape index (κ1) is 16.5. The Labute approximate surface area is 132 Å². The number of ketones is 1. The van der Waals surface area contributed by atoms with E-state index in [0.29, 0.717) is 16.9 Å². The molecule has 0 atom stereocenters. The summed E-state index contributed by atoms with van der Waals surface area (Å²) in [6.45, 7) is 4.56. The SMILES string of the molecule is CC(=O)c1c[nH]c(C(=O)OCC(=O)Nc2c(C)nn(C)c2C)c1. The van der Waals surface area contributed by atoms with E-state index < -0.39 is 18.5 Å². The zero-order valence-corrected chi connectivity index (χ0v) is 13.4. The Kier molecular flexibility index (Phi) is 4.63. The summed E-state index contributed by atoms with van der Waals surface area (Å²) in [7, 11) is 1.77. The largest absolute Gasteiger partial charge is 0.451 e. The highest BCUT2D eigenvalue weighted by Crippen LogP contribution is 2.18. The molecule has 2 N–H and O–H groups in total. The standard InChI is InChI=1S/C15H18N4O4/c1-8-14(9(2)19(4)18-8)17-13(21)7-23-15(22)12-5-11(6-16-12)10(3)20/h5-6,16H,7H2,1-4H3,(H,17,21). The molecular weight excluding hydrogens is 300 g/mol. The molecule has 8 nitrogen and oxygen atoms in total. The molecule has 2 heterocycles. The number of aromatic amines is 1. The second kappa shape index (κ2) is 6.47. The fraction of sp³-hybridized carbons (Fsp3) is 0.333. The number of H-pyrrole nitrogens is 1. The molecule has 122 valence electrons. The van der Waals surface area contributed by atoms with Crippen molar-refractivity contribution >= 4 is 23.3 Å². The van der Waals surface area contributed by atoms with Gasteiger partial charge in [0.1, 0.15) is 5.69 Å². The van der Waals surface area contributed by atoms with Crippen molar-refractivity contribution in [3.8, 4) is 0 Å². The van der Waals surface area contributed by atoms with E-state index in [1.807, 2.05) is 6.92 Å². The van der Waals surface area contributed by atoms with Gasteiger partial charge in [-0.25, -0.2) is 4.79 Å². The molecule has 1 amide bonds. The number of hydrogen-bond acceptors (Lipinski definition) is 5. The number of aromatic nitrogens is 3. The summed E-state index contributed by atoms with van der Waals surface area (Å²) >= 11 is 0. The highest BCUT2D eigenvalue weighted by Gasteiger charge is 2.16. The Morgan fingerprint density at radius 2 is 2.04 bits per heavy atom. The Bertz CT molecular complexity index is 773. The first-order chi connectivity index (χ1) is 10.8. The van der Waals surface area contributed by atoms with Crippen LogP contribution in [0.5, 0.6) is 0 Å². The van der Waals surface area contributed by atoms with E-state index in [1.54, 1.807) is 18.7 Å². The van der Waals surface area contributed by atoms with Gasteiger partial charge in [0.05, 0.1) is 17.1 Å². The number of nitrogens with zero attached hydrogens (tertiary/aromatic N) is 2. The average molecular weight is 318 g/mol. The second-order valence-electron chi connectivity index (χ2n) is 5.15. The summed E-state index contributed by atoms with van der Waals surface area (Å²) in [6.07, 6.45) is 1.42. The molecule has 0 bridgehead atoms. The molecule has 2 aromatic heterocycles. The molecule has 0 aliphatic heterocycles. The van der Waals surface area contributed by atoms with E-state index >= 15 is 0 Å². The number of Topliss-reactive ketones (excluding diaryl/α,β-unsaturated/α-hetero) is 1. The van der Waals surface area contributed by atoms with Crippen molar-refractivity contribution in [1.29, 1.82) is 0 Å².